The van der Waals surface area contributed by atoms with Crippen LogP contribution in [0, 0.1) is 0 Å². The van der Waals surface area contributed by atoms with Crippen LogP contribution >= 0.6 is 15.9 Å². The van der Waals surface area contributed by atoms with Crippen molar-refractivity contribution in [1.82, 2.24) is 0 Å². The van der Waals surface area contributed by atoms with Crippen molar-refractivity contribution in [3.63, 3.8) is 0 Å². The van der Waals surface area contributed by atoms with Gasteiger partial charge in [-0.2, -0.15) is 0 Å². The van der Waals surface area contributed by atoms with Crippen molar-refractivity contribution in [3.05, 3.63) is 50.3 Å². The molecule has 0 heterocycles. The largest absolute Gasteiger partial charge is 0.392 e. The molecule has 0 radical (unpaired) electrons. The number of rotatable bonds is 5. The Kier molecular flexibility index (Phi) is 5.64. The lowest BCUT2D eigenvalue weighted by Gasteiger charge is -2.01. The van der Waals surface area contributed by atoms with Gasteiger partial charge in [0.1, 0.15) is 0 Å². The summed E-state index contributed by atoms with van der Waals surface area (Å²) in [4.78, 5) is 2.67. The number of nitrogens with zero attached hydrogens (tertiary/aromatic N) is 3. The second kappa shape index (κ2) is 7.06. The van der Waals surface area contributed by atoms with Crippen molar-refractivity contribution in [3.8, 4) is 0 Å². The maximum Gasteiger partial charge on any atom is 0.0693 e. The molecule has 1 rings (SSSR count). The normalized spacial score (nSPS) is 10.4. The predicted octanol–water partition coefficient (Wildman–Crippen LogP) is 3.66. The summed E-state index contributed by atoms with van der Waals surface area (Å²) in [5.74, 6) is 0. The highest BCUT2D eigenvalue weighted by atomic mass is 79.9. The van der Waals surface area contributed by atoms with Crippen molar-refractivity contribution < 1.29 is 5.11 Å². The summed E-state index contributed by atoms with van der Waals surface area (Å²) in [6.45, 7) is 0.484. The van der Waals surface area contributed by atoms with Gasteiger partial charge in [0.05, 0.1) is 6.61 Å². The zero-order valence-corrected chi connectivity index (χ0v) is 10.3. The van der Waals surface area contributed by atoms with E-state index >= 15 is 0 Å². The van der Waals surface area contributed by atoms with Crippen molar-refractivity contribution in [2.75, 3.05) is 6.54 Å². The molecule has 84 valence electrons. The van der Waals surface area contributed by atoms with Crippen LogP contribution in [-0.4, -0.2) is 11.7 Å². The lowest BCUT2D eigenvalue weighted by atomic mass is 10.1. The van der Waals surface area contributed by atoms with E-state index in [1.165, 1.54) is 0 Å². The number of hydrogen-bond donors (Lipinski definition) is 1. The fourth-order valence-electron chi connectivity index (χ4n) is 1.22. The number of benzene rings is 1. The van der Waals surface area contributed by atoms with E-state index in [9.17, 15) is 0 Å². The molecule has 5 heteroatoms. The molecule has 0 fully saturated rings. The molecule has 1 aromatic rings. The van der Waals surface area contributed by atoms with Crippen molar-refractivity contribution >= 4 is 22.0 Å². The molecule has 0 saturated heterocycles. The number of aliphatic hydroxyl groups excluding tert-OH is 1. The zero-order chi connectivity index (χ0) is 11.8. The van der Waals surface area contributed by atoms with Crippen LogP contribution in [0.3, 0.4) is 0 Å². The standard InChI is InChI=1S/C11H12BrN3O/c12-11-5-4-9(7-10(11)8-16)3-1-2-6-14-15-13/h1,3-5,7,16H,2,6,8H2. The fraction of sp³-hybridized carbons (Fsp3) is 0.273. The Labute approximate surface area is 102 Å². The first-order valence-corrected chi connectivity index (χ1v) is 5.64. The third-order valence-corrected chi connectivity index (χ3v) is 2.78. The van der Waals surface area contributed by atoms with E-state index < -0.39 is 0 Å². The minimum Gasteiger partial charge on any atom is -0.392 e. The molecule has 0 saturated carbocycles. The Morgan fingerprint density at radius 1 is 1.50 bits per heavy atom. The maximum absolute atomic E-state index is 9.08. The SMILES string of the molecule is [N-]=[N+]=NCCC=Cc1ccc(Br)c(CO)c1. The van der Waals surface area contributed by atoms with E-state index in [1.54, 1.807) is 0 Å². The number of azide groups is 1. The molecular formula is C11H12BrN3O. The van der Waals surface area contributed by atoms with Crippen LogP contribution in [0.2, 0.25) is 0 Å². The molecule has 0 aromatic heterocycles. The van der Waals surface area contributed by atoms with Crippen LogP contribution in [0.15, 0.2) is 33.9 Å². The van der Waals surface area contributed by atoms with Crippen LogP contribution in [0.5, 0.6) is 0 Å². The van der Waals surface area contributed by atoms with Gasteiger partial charge < -0.3 is 5.11 Å². The van der Waals surface area contributed by atoms with Crippen LogP contribution in [0.1, 0.15) is 17.5 Å². The zero-order valence-electron chi connectivity index (χ0n) is 8.67. The summed E-state index contributed by atoms with van der Waals surface area (Å²) in [5, 5.41) is 12.5. The number of halogens is 1. The molecule has 0 unspecified atom stereocenters. The van der Waals surface area contributed by atoms with Gasteiger partial charge in [0, 0.05) is 15.9 Å². The molecule has 1 N–H and O–H groups in total. The second-order valence-corrected chi connectivity index (χ2v) is 4.01. The lowest BCUT2D eigenvalue weighted by Crippen LogP contribution is -1.86. The van der Waals surface area contributed by atoms with Gasteiger partial charge in [-0.15, -0.1) is 0 Å². The third-order valence-electron chi connectivity index (χ3n) is 2.01. The summed E-state index contributed by atoms with van der Waals surface area (Å²) in [6, 6.07) is 5.76. The third kappa shape index (κ3) is 4.06. The van der Waals surface area contributed by atoms with E-state index in [4.69, 9.17) is 10.6 Å². The van der Waals surface area contributed by atoms with Crippen LogP contribution < -0.4 is 0 Å². The van der Waals surface area contributed by atoms with E-state index in [2.05, 4.69) is 26.0 Å². The Bertz CT molecular complexity index is 425. The first-order valence-electron chi connectivity index (χ1n) is 4.84. The lowest BCUT2D eigenvalue weighted by molar-refractivity contribution is 0.281. The average molecular weight is 282 g/mol. The quantitative estimate of drug-likeness (QED) is 0.381. The molecule has 4 nitrogen and oxygen atoms in total. The fourth-order valence-corrected chi connectivity index (χ4v) is 1.59. The van der Waals surface area contributed by atoms with E-state index in [-0.39, 0.29) is 6.61 Å². The Morgan fingerprint density at radius 2 is 2.31 bits per heavy atom. The molecule has 1 aromatic carbocycles. The first-order chi connectivity index (χ1) is 7.77. The highest BCUT2D eigenvalue weighted by molar-refractivity contribution is 9.10. The molecule has 0 aliphatic rings. The highest BCUT2D eigenvalue weighted by Gasteiger charge is 1.97. The van der Waals surface area contributed by atoms with E-state index in [0.29, 0.717) is 13.0 Å². The Balaban J connectivity index is 2.63. The number of hydrogen-bond acceptors (Lipinski definition) is 2. The van der Waals surface area contributed by atoms with Gasteiger partial charge >= 0.3 is 0 Å². The minimum absolute atomic E-state index is 0.0149. The molecule has 0 amide bonds. The summed E-state index contributed by atoms with van der Waals surface area (Å²) in [6.07, 6.45) is 4.60. The number of aliphatic hydroxyl groups is 1. The van der Waals surface area contributed by atoms with Crippen molar-refractivity contribution in [1.29, 1.82) is 0 Å². The van der Waals surface area contributed by atoms with Gasteiger partial charge in [-0.1, -0.05) is 39.3 Å². The second-order valence-electron chi connectivity index (χ2n) is 3.15. The Morgan fingerprint density at radius 3 is 3.00 bits per heavy atom. The smallest absolute Gasteiger partial charge is 0.0693 e. The van der Waals surface area contributed by atoms with Crippen LogP contribution in [-0.2, 0) is 6.61 Å². The predicted molar refractivity (Wildman–Crippen MR) is 67.7 cm³/mol. The Hall–Kier alpha value is -1.29. The molecular weight excluding hydrogens is 270 g/mol. The average Bonchev–Trinajstić information content (AvgIpc) is 2.31. The molecule has 0 atom stereocenters. The van der Waals surface area contributed by atoms with Gasteiger partial charge in [-0.3, -0.25) is 0 Å². The molecule has 0 aliphatic heterocycles. The van der Waals surface area contributed by atoms with Crippen molar-refractivity contribution in [2.24, 2.45) is 5.11 Å². The van der Waals surface area contributed by atoms with Gasteiger partial charge in [0.2, 0.25) is 0 Å². The van der Waals surface area contributed by atoms with Gasteiger partial charge in [0.15, 0.2) is 0 Å². The van der Waals surface area contributed by atoms with E-state index in [0.717, 1.165) is 15.6 Å². The monoisotopic (exact) mass is 281 g/mol. The molecule has 0 aliphatic carbocycles. The minimum atomic E-state index is 0.0149. The maximum atomic E-state index is 9.08. The van der Waals surface area contributed by atoms with E-state index in [1.807, 2.05) is 30.4 Å². The van der Waals surface area contributed by atoms with Gasteiger partial charge in [0.25, 0.3) is 0 Å². The topological polar surface area (TPSA) is 69.0 Å². The summed E-state index contributed by atoms with van der Waals surface area (Å²) in [5.41, 5.74) is 9.96. The first kappa shape index (κ1) is 12.8. The molecule has 0 spiro atoms. The van der Waals surface area contributed by atoms with Gasteiger partial charge in [-0.05, 0) is 35.2 Å². The van der Waals surface area contributed by atoms with Crippen LogP contribution in [0.4, 0.5) is 0 Å². The van der Waals surface area contributed by atoms with Crippen LogP contribution in [0.25, 0.3) is 16.5 Å². The highest BCUT2D eigenvalue weighted by Crippen LogP contribution is 2.19. The molecule has 0 bridgehead atoms. The van der Waals surface area contributed by atoms with Gasteiger partial charge in [-0.25, -0.2) is 0 Å². The van der Waals surface area contributed by atoms with Crippen molar-refractivity contribution in [2.45, 2.75) is 13.0 Å². The summed E-state index contributed by atoms with van der Waals surface area (Å²) < 4.78 is 0.904. The molecule has 16 heavy (non-hydrogen) atoms. The summed E-state index contributed by atoms with van der Waals surface area (Å²) in [7, 11) is 0. The summed E-state index contributed by atoms with van der Waals surface area (Å²) >= 11 is 3.35.